The third-order valence-corrected chi connectivity index (χ3v) is 1.77. The SMILES string of the molecule is OCc1ccc(OC(F)F)cc1Cl. The third kappa shape index (κ3) is 2.82. The van der Waals surface area contributed by atoms with Gasteiger partial charge in [0.25, 0.3) is 0 Å². The molecule has 1 aromatic carbocycles. The first-order valence-electron chi connectivity index (χ1n) is 3.47. The second-order valence-electron chi connectivity index (χ2n) is 2.29. The van der Waals surface area contributed by atoms with E-state index in [2.05, 4.69) is 4.74 Å². The van der Waals surface area contributed by atoms with Gasteiger partial charge in [0.05, 0.1) is 6.61 Å². The zero-order valence-corrected chi connectivity index (χ0v) is 7.26. The van der Waals surface area contributed by atoms with E-state index in [-0.39, 0.29) is 17.4 Å². The van der Waals surface area contributed by atoms with Crippen LogP contribution in [0.1, 0.15) is 5.56 Å². The smallest absolute Gasteiger partial charge is 0.387 e. The lowest BCUT2D eigenvalue weighted by Gasteiger charge is -2.06. The maximum Gasteiger partial charge on any atom is 0.387 e. The standard InChI is InChI=1S/C8H7ClF2O2/c9-7-3-6(13-8(10)11)2-1-5(7)4-12/h1-3,8,12H,4H2. The molecule has 5 heteroatoms. The molecule has 0 atom stereocenters. The Morgan fingerprint density at radius 2 is 2.15 bits per heavy atom. The van der Waals surface area contributed by atoms with Gasteiger partial charge in [0.2, 0.25) is 0 Å². The summed E-state index contributed by atoms with van der Waals surface area (Å²) >= 11 is 5.63. The molecule has 0 spiro atoms. The summed E-state index contributed by atoms with van der Waals surface area (Å²) in [6.45, 7) is -3.09. The summed E-state index contributed by atoms with van der Waals surface area (Å²) in [6, 6.07) is 3.99. The predicted octanol–water partition coefficient (Wildman–Crippen LogP) is 2.43. The van der Waals surface area contributed by atoms with Crippen molar-refractivity contribution in [2.75, 3.05) is 0 Å². The highest BCUT2D eigenvalue weighted by atomic mass is 35.5. The molecule has 1 aromatic rings. The Hall–Kier alpha value is -0.870. The third-order valence-electron chi connectivity index (χ3n) is 1.42. The van der Waals surface area contributed by atoms with Crippen molar-refractivity contribution in [3.8, 4) is 5.75 Å². The van der Waals surface area contributed by atoms with E-state index in [1.165, 1.54) is 18.2 Å². The molecule has 72 valence electrons. The van der Waals surface area contributed by atoms with Gasteiger partial charge in [0, 0.05) is 5.02 Å². The number of alkyl halides is 2. The number of benzene rings is 1. The van der Waals surface area contributed by atoms with Gasteiger partial charge in [-0.25, -0.2) is 0 Å². The van der Waals surface area contributed by atoms with E-state index in [1.807, 2.05) is 0 Å². The van der Waals surface area contributed by atoms with Crippen LogP contribution in [0.15, 0.2) is 18.2 Å². The molecule has 1 rings (SSSR count). The number of halogens is 3. The first-order chi connectivity index (χ1) is 6.13. The Balaban J connectivity index is 2.83. The number of ether oxygens (including phenoxy) is 1. The fourth-order valence-electron chi connectivity index (χ4n) is 0.832. The van der Waals surface area contributed by atoms with Gasteiger partial charge >= 0.3 is 6.61 Å². The second-order valence-corrected chi connectivity index (χ2v) is 2.70. The lowest BCUT2D eigenvalue weighted by atomic mass is 10.2. The molecule has 0 saturated carbocycles. The molecule has 0 radical (unpaired) electrons. The Labute approximate surface area is 78.7 Å². The van der Waals surface area contributed by atoms with Crippen LogP contribution in [0, 0.1) is 0 Å². The van der Waals surface area contributed by atoms with Crippen molar-refractivity contribution in [3.05, 3.63) is 28.8 Å². The van der Waals surface area contributed by atoms with Gasteiger partial charge in [-0.2, -0.15) is 8.78 Å². The first-order valence-corrected chi connectivity index (χ1v) is 3.85. The Morgan fingerprint density at radius 1 is 1.46 bits per heavy atom. The molecule has 13 heavy (non-hydrogen) atoms. The minimum atomic E-state index is -2.86. The van der Waals surface area contributed by atoms with Gasteiger partial charge in [-0.05, 0) is 17.7 Å². The van der Waals surface area contributed by atoms with Crippen LogP contribution in [0.25, 0.3) is 0 Å². The van der Waals surface area contributed by atoms with Crippen molar-refractivity contribution in [2.24, 2.45) is 0 Å². The van der Waals surface area contributed by atoms with E-state index in [0.717, 1.165) is 0 Å². The second kappa shape index (κ2) is 4.39. The molecule has 0 bridgehead atoms. The molecule has 2 nitrogen and oxygen atoms in total. The van der Waals surface area contributed by atoms with Crippen LogP contribution in [0.2, 0.25) is 5.02 Å². The fraction of sp³-hybridized carbons (Fsp3) is 0.250. The van der Waals surface area contributed by atoms with Crippen molar-refractivity contribution in [1.29, 1.82) is 0 Å². The zero-order chi connectivity index (χ0) is 9.84. The van der Waals surface area contributed by atoms with E-state index in [4.69, 9.17) is 16.7 Å². The summed E-state index contributed by atoms with van der Waals surface area (Å²) in [5.74, 6) is -0.0165. The number of aliphatic hydroxyl groups is 1. The summed E-state index contributed by atoms with van der Waals surface area (Å²) in [5, 5.41) is 8.93. The zero-order valence-electron chi connectivity index (χ0n) is 6.51. The van der Waals surface area contributed by atoms with Crippen LogP contribution in [0.4, 0.5) is 8.78 Å². The molecule has 0 aromatic heterocycles. The number of aliphatic hydroxyl groups excluding tert-OH is 1. The van der Waals surface area contributed by atoms with Gasteiger partial charge in [-0.3, -0.25) is 0 Å². The number of rotatable bonds is 3. The summed E-state index contributed by atoms with van der Waals surface area (Å²) in [4.78, 5) is 0. The van der Waals surface area contributed by atoms with Crippen LogP contribution in [-0.2, 0) is 6.61 Å². The molecule has 0 fully saturated rings. The van der Waals surface area contributed by atoms with Gasteiger partial charge in [0.1, 0.15) is 5.75 Å². The summed E-state index contributed by atoms with van der Waals surface area (Å²) < 4.78 is 27.5. The minimum Gasteiger partial charge on any atom is -0.435 e. The van der Waals surface area contributed by atoms with Crippen LogP contribution < -0.4 is 4.74 Å². The molecular formula is C8H7ClF2O2. The minimum absolute atomic E-state index is 0.0165. The van der Waals surface area contributed by atoms with Crippen molar-refractivity contribution >= 4 is 11.6 Å². The van der Waals surface area contributed by atoms with E-state index >= 15 is 0 Å². The van der Waals surface area contributed by atoms with Gasteiger partial charge in [-0.15, -0.1) is 0 Å². The highest BCUT2D eigenvalue weighted by Gasteiger charge is 2.06. The van der Waals surface area contributed by atoms with Crippen molar-refractivity contribution < 1.29 is 18.6 Å². The largest absolute Gasteiger partial charge is 0.435 e. The number of hydrogen-bond acceptors (Lipinski definition) is 2. The topological polar surface area (TPSA) is 29.5 Å². The lowest BCUT2D eigenvalue weighted by molar-refractivity contribution is -0.0498. The van der Waals surface area contributed by atoms with E-state index < -0.39 is 6.61 Å². The molecule has 0 aliphatic carbocycles. The van der Waals surface area contributed by atoms with Crippen LogP contribution >= 0.6 is 11.6 Å². The summed E-state index contributed by atoms with van der Waals surface area (Å²) in [7, 11) is 0. The Morgan fingerprint density at radius 3 is 2.62 bits per heavy atom. The van der Waals surface area contributed by atoms with E-state index in [1.54, 1.807) is 0 Å². The molecule has 0 amide bonds. The lowest BCUT2D eigenvalue weighted by Crippen LogP contribution is -2.01. The molecule has 0 heterocycles. The highest BCUT2D eigenvalue weighted by molar-refractivity contribution is 6.31. The Bertz CT molecular complexity index is 291. The van der Waals surface area contributed by atoms with Crippen LogP contribution in [0.3, 0.4) is 0 Å². The predicted molar refractivity (Wildman–Crippen MR) is 44.0 cm³/mol. The highest BCUT2D eigenvalue weighted by Crippen LogP contribution is 2.23. The van der Waals surface area contributed by atoms with E-state index in [0.29, 0.717) is 5.56 Å². The fourth-order valence-corrected chi connectivity index (χ4v) is 1.06. The van der Waals surface area contributed by atoms with E-state index in [9.17, 15) is 8.78 Å². The Kier molecular flexibility index (Phi) is 3.45. The maximum atomic E-state index is 11.7. The summed E-state index contributed by atoms with van der Waals surface area (Å²) in [6.07, 6.45) is 0. The van der Waals surface area contributed by atoms with Gasteiger partial charge in [0.15, 0.2) is 0 Å². The average molecular weight is 209 g/mol. The monoisotopic (exact) mass is 208 g/mol. The molecular weight excluding hydrogens is 202 g/mol. The van der Waals surface area contributed by atoms with Crippen LogP contribution in [0.5, 0.6) is 5.75 Å². The summed E-state index contributed by atoms with van der Waals surface area (Å²) in [5.41, 5.74) is 0.475. The van der Waals surface area contributed by atoms with Crippen LogP contribution in [-0.4, -0.2) is 11.7 Å². The van der Waals surface area contributed by atoms with Gasteiger partial charge in [-0.1, -0.05) is 17.7 Å². The van der Waals surface area contributed by atoms with Crippen molar-refractivity contribution in [3.63, 3.8) is 0 Å². The molecule has 1 N–H and O–H groups in total. The van der Waals surface area contributed by atoms with Gasteiger partial charge < -0.3 is 9.84 Å². The number of hydrogen-bond donors (Lipinski definition) is 1. The molecule has 0 saturated heterocycles. The van der Waals surface area contributed by atoms with Crippen molar-refractivity contribution in [1.82, 2.24) is 0 Å². The normalized spacial score (nSPS) is 10.5. The van der Waals surface area contributed by atoms with Crippen molar-refractivity contribution in [2.45, 2.75) is 13.2 Å². The maximum absolute atomic E-state index is 11.7. The molecule has 0 unspecified atom stereocenters. The quantitative estimate of drug-likeness (QED) is 0.827. The molecule has 0 aliphatic rings. The molecule has 0 aliphatic heterocycles. The first kappa shape index (κ1) is 10.2. The average Bonchev–Trinajstić information content (AvgIpc) is 2.03.